The molecule has 4 heteroatoms. The van der Waals surface area contributed by atoms with Gasteiger partial charge in [0.05, 0.1) is 0 Å². The summed E-state index contributed by atoms with van der Waals surface area (Å²) in [6, 6.07) is 3.92. The second-order valence-electron chi connectivity index (χ2n) is 6.33. The number of amides is 2. The predicted octanol–water partition coefficient (Wildman–Crippen LogP) is 3.20. The summed E-state index contributed by atoms with van der Waals surface area (Å²) in [6.45, 7) is 7.28. The lowest BCUT2D eigenvalue weighted by molar-refractivity contribution is 0.0775. The van der Waals surface area contributed by atoms with Gasteiger partial charge in [-0.05, 0) is 30.0 Å². The van der Waals surface area contributed by atoms with Crippen LogP contribution in [0.4, 0.5) is 0 Å². The van der Waals surface area contributed by atoms with E-state index in [0.29, 0.717) is 13.1 Å². The van der Waals surface area contributed by atoms with Crippen molar-refractivity contribution in [2.24, 2.45) is 0 Å². The summed E-state index contributed by atoms with van der Waals surface area (Å²) in [5.41, 5.74) is 3.65. The maximum Gasteiger partial charge on any atom is 0.254 e. The Balaban J connectivity index is 1.81. The van der Waals surface area contributed by atoms with Crippen LogP contribution in [-0.2, 0) is 13.1 Å². The molecule has 2 aliphatic rings. The fraction of sp³-hybridized carbons (Fsp3) is 0.556. The minimum absolute atomic E-state index is 0.0889. The van der Waals surface area contributed by atoms with E-state index in [2.05, 4.69) is 19.9 Å². The van der Waals surface area contributed by atoms with E-state index >= 15 is 0 Å². The van der Waals surface area contributed by atoms with Gasteiger partial charge in [-0.25, -0.2) is 0 Å². The number of nitrogens with zero attached hydrogens (tertiary/aromatic N) is 2. The molecule has 22 heavy (non-hydrogen) atoms. The molecule has 3 rings (SSSR count). The van der Waals surface area contributed by atoms with Crippen LogP contribution in [0.2, 0.25) is 0 Å². The molecule has 1 aromatic carbocycles. The lowest BCUT2D eigenvalue weighted by Gasteiger charge is -2.15. The molecule has 1 aromatic rings. The summed E-state index contributed by atoms with van der Waals surface area (Å²) in [5.74, 6) is 0.178. The summed E-state index contributed by atoms with van der Waals surface area (Å²) in [7, 11) is 0. The molecule has 0 unspecified atom stereocenters. The Morgan fingerprint density at radius 2 is 1.27 bits per heavy atom. The summed E-state index contributed by atoms with van der Waals surface area (Å²) in [4.78, 5) is 28.7. The van der Waals surface area contributed by atoms with Gasteiger partial charge in [0.1, 0.15) is 0 Å². The summed E-state index contributed by atoms with van der Waals surface area (Å²) in [5, 5.41) is 0. The number of carbonyl (C=O) groups is 2. The third-order valence-corrected chi connectivity index (χ3v) is 4.65. The lowest BCUT2D eigenvalue weighted by Crippen LogP contribution is -2.25. The second kappa shape index (κ2) is 6.11. The van der Waals surface area contributed by atoms with E-state index < -0.39 is 0 Å². The normalized spacial score (nSPS) is 16.5. The number of hydrogen-bond acceptors (Lipinski definition) is 2. The molecule has 0 radical (unpaired) electrons. The third kappa shape index (κ3) is 2.51. The molecule has 0 saturated carbocycles. The first kappa shape index (κ1) is 15.1. The molecule has 2 amide bonds. The third-order valence-electron chi connectivity index (χ3n) is 4.65. The zero-order chi connectivity index (χ0) is 15.7. The van der Waals surface area contributed by atoms with Crippen LogP contribution < -0.4 is 0 Å². The highest BCUT2D eigenvalue weighted by atomic mass is 16.2. The van der Waals surface area contributed by atoms with Crippen LogP contribution in [0, 0.1) is 0 Å². The second-order valence-corrected chi connectivity index (χ2v) is 6.33. The highest BCUT2D eigenvalue weighted by molar-refractivity contribution is 6.04. The van der Waals surface area contributed by atoms with E-state index in [1.54, 1.807) is 0 Å². The molecule has 2 heterocycles. The Bertz CT molecular complexity index is 560. The van der Waals surface area contributed by atoms with E-state index in [0.717, 1.165) is 61.0 Å². The van der Waals surface area contributed by atoms with Crippen molar-refractivity contribution in [1.82, 2.24) is 9.80 Å². The van der Waals surface area contributed by atoms with E-state index in [1.807, 2.05) is 15.9 Å². The summed E-state index contributed by atoms with van der Waals surface area (Å²) < 4.78 is 0. The van der Waals surface area contributed by atoms with Crippen molar-refractivity contribution in [2.45, 2.75) is 52.6 Å². The maximum absolute atomic E-state index is 12.5. The molecule has 0 fully saturated rings. The SMILES string of the molecule is CCCCN1Cc2cc3c(cc2C1=O)C(=O)N(CCCC)C3. The smallest absolute Gasteiger partial charge is 0.254 e. The van der Waals surface area contributed by atoms with Crippen molar-refractivity contribution in [3.05, 3.63) is 34.4 Å². The van der Waals surface area contributed by atoms with Crippen LogP contribution in [0.5, 0.6) is 0 Å². The largest absolute Gasteiger partial charge is 0.334 e. The van der Waals surface area contributed by atoms with Crippen molar-refractivity contribution in [3.8, 4) is 0 Å². The molecule has 0 spiro atoms. The average molecular weight is 300 g/mol. The number of benzene rings is 1. The lowest BCUT2D eigenvalue weighted by atomic mass is 10.0. The minimum Gasteiger partial charge on any atom is -0.334 e. The van der Waals surface area contributed by atoms with Crippen LogP contribution in [0.25, 0.3) is 0 Å². The van der Waals surface area contributed by atoms with Gasteiger partial charge < -0.3 is 9.80 Å². The molecule has 2 aliphatic heterocycles. The highest BCUT2D eigenvalue weighted by Gasteiger charge is 2.33. The Labute approximate surface area is 132 Å². The van der Waals surface area contributed by atoms with Gasteiger partial charge in [-0.3, -0.25) is 9.59 Å². The van der Waals surface area contributed by atoms with Crippen molar-refractivity contribution in [1.29, 1.82) is 0 Å². The van der Waals surface area contributed by atoms with Gasteiger partial charge in [0.15, 0.2) is 0 Å². The van der Waals surface area contributed by atoms with Crippen LogP contribution in [0.15, 0.2) is 12.1 Å². The molecule has 0 bridgehead atoms. The van der Waals surface area contributed by atoms with Gasteiger partial charge in [-0.15, -0.1) is 0 Å². The van der Waals surface area contributed by atoms with Gasteiger partial charge in [0, 0.05) is 37.3 Å². The first-order valence-corrected chi connectivity index (χ1v) is 8.40. The van der Waals surface area contributed by atoms with Gasteiger partial charge in [-0.2, -0.15) is 0 Å². The molecule has 0 aromatic heterocycles. The molecule has 0 atom stereocenters. The first-order valence-electron chi connectivity index (χ1n) is 8.40. The topological polar surface area (TPSA) is 40.6 Å². The summed E-state index contributed by atoms with van der Waals surface area (Å²) in [6.07, 6.45) is 4.23. The van der Waals surface area contributed by atoms with E-state index in [4.69, 9.17) is 0 Å². The Kier molecular flexibility index (Phi) is 4.19. The van der Waals surface area contributed by atoms with Crippen LogP contribution in [0.3, 0.4) is 0 Å². The number of hydrogen-bond donors (Lipinski definition) is 0. The zero-order valence-corrected chi connectivity index (χ0v) is 13.5. The molecular weight excluding hydrogens is 276 g/mol. The fourth-order valence-electron chi connectivity index (χ4n) is 3.31. The van der Waals surface area contributed by atoms with Crippen LogP contribution in [0.1, 0.15) is 71.4 Å². The highest BCUT2D eigenvalue weighted by Crippen LogP contribution is 2.31. The van der Waals surface area contributed by atoms with Crippen molar-refractivity contribution >= 4 is 11.8 Å². The van der Waals surface area contributed by atoms with Crippen molar-refractivity contribution < 1.29 is 9.59 Å². The molecular formula is C18H24N2O2. The average Bonchev–Trinajstić information content (AvgIpc) is 2.99. The molecule has 0 aliphatic carbocycles. The molecule has 4 nitrogen and oxygen atoms in total. The van der Waals surface area contributed by atoms with E-state index in [-0.39, 0.29) is 11.8 Å². The number of carbonyl (C=O) groups excluding carboxylic acids is 2. The fourth-order valence-corrected chi connectivity index (χ4v) is 3.31. The number of unbranched alkanes of at least 4 members (excludes halogenated alkanes) is 2. The molecule has 0 saturated heterocycles. The van der Waals surface area contributed by atoms with Crippen molar-refractivity contribution in [3.63, 3.8) is 0 Å². The molecule has 0 N–H and O–H groups in total. The van der Waals surface area contributed by atoms with Crippen LogP contribution in [-0.4, -0.2) is 34.7 Å². The number of fused-ring (bicyclic) bond motifs is 2. The first-order chi connectivity index (χ1) is 10.7. The summed E-state index contributed by atoms with van der Waals surface area (Å²) >= 11 is 0. The monoisotopic (exact) mass is 300 g/mol. The maximum atomic E-state index is 12.5. The van der Waals surface area contributed by atoms with Gasteiger partial charge in [0.2, 0.25) is 0 Å². The van der Waals surface area contributed by atoms with Crippen molar-refractivity contribution in [2.75, 3.05) is 13.1 Å². The standard InChI is InChI=1S/C18H24N2O2/c1-3-5-7-19-11-13-9-14-12-20(8-6-4-2)18(22)16(14)10-15(13)17(19)21/h9-10H,3-8,11-12H2,1-2H3. The van der Waals surface area contributed by atoms with E-state index in [1.165, 1.54) is 0 Å². The van der Waals surface area contributed by atoms with Crippen LogP contribution >= 0.6 is 0 Å². The van der Waals surface area contributed by atoms with Gasteiger partial charge in [0.25, 0.3) is 11.8 Å². The van der Waals surface area contributed by atoms with Gasteiger partial charge in [-0.1, -0.05) is 32.8 Å². The Hall–Kier alpha value is -1.84. The Morgan fingerprint density at radius 1 is 0.818 bits per heavy atom. The quantitative estimate of drug-likeness (QED) is 0.809. The zero-order valence-electron chi connectivity index (χ0n) is 13.5. The predicted molar refractivity (Wildman–Crippen MR) is 85.7 cm³/mol. The van der Waals surface area contributed by atoms with Gasteiger partial charge >= 0.3 is 0 Å². The minimum atomic E-state index is 0.0889. The Morgan fingerprint density at radius 3 is 1.68 bits per heavy atom. The number of rotatable bonds is 6. The molecule has 118 valence electrons. The van der Waals surface area contributed by atoms with E-state index in [9.17, 15) is 9.59 Å².